The van der Waals surface area contributed by atoms with Crippen LogP contribution in [0, 0.1) is 0 Å². The highest BCUT2D eigenvalue weighted by atomic mass is 35.5. The van der Waals surface area contributed by atoms with Crippen LogP contribution in [0.4, 0.5) is 0 Å². The zero-order valence-corrected chi connectivity index (χ0v) is 21.8. The first kappa shape index (κ1) is 26.5. The zero-order chi connectivity index (χ0) is 24.5. The second kappa shape index (κ2) is 13.1. The molecule has 178 valence electrons. The minimum atomic E-state index is -0.238. The summed E-state index contributed by atoms with van der Waals surface area (Å²) < 4.78 is 11.3. The van der Waals surface area contributed by atoms with Crippen LogP contribution in [-0.4, -0.2) is 25.0 Å². The van der Waals surface area contributed by atoms with Crippen LogP contribution >= 0.6 is 58.2 Å². The number of carbonyl (C=O) groups excluding carboxylic acids is 1. The van der Waals surface area contributed by atoms with Gasteiger partial charge >= 0.3 is 0 Å². The van der Waals surface area contributed by atoms with Crippen molar-refractivity contribution in [3.05, 3.63) is 91.4 Å². The fraction of sp³-hybridized carbons (Fsp3) is 0.167. The van der Waals surface area contributed by atoms with E-state index in [1.807, 2.05) is 6.07 Å². The number of benzene rings is 3. The fourth-order valence-corrected chi connectivity index (χ4v) is 4.68. The summed E-state index contributed by atoms with van der Waals surface area (Å²) in [6, 6.07) is 16.0. The number of carbonyl (C=O) groups is 1. The molecule has 34 heavy (non-hydrogen) atoms. The maximum absolute atomic E-state index is 12.1. The Morgan fingerprint density at radius 1 is 0.971 bits per heavy atom. The topological polar surface area (TPSA) is 59.9 Å². The van der Waals surface area contributed by atoms with Gasteiger partial charge in [0, 0.05) is 15.8 Å². The minimum Gasteiger partial charge on any atom is -0.493 e. The van der Waals surface area contributed by atoms with Gasteiger partial charge in [-0.2, -0.15) is 5.10 Å². The summed E-state index contributed by atoms with van der Waals surface area (Å²) >= 11 is 25.7. The molecule has 0 unspecified atom stereocenters. The number of amides is 1. The van der Waals surface area contributed by atoms with Gasteiger partial charge in [-0.15, -0.1) is 11.8 Å². The normalized spacial score (nSPS) is 11.0. The molecule has 10 heteroatoms. The van der Waals surface area contributed by atoms with Gasteiger partial charge in [-0.05, 0) is 59.2 Å². The number of halogens is 4. The van der Waals surface area contributed by atoms with E-state index in [1.54, 1.807) is 55.6 Å². The molecule has 1 N–H and O–H groups in total. The molecule has 0 aliphatic heterocycles. The molecule has 0 radical (unpaired) electrons. The molecule has 0 saturated heterocycles. The molecular weight excluding hydrogens is 538 g/mol. The van der Waals surface area contributed by atoms with Crippen molar-refractivity contribution < 1.29 is 14.3 Å². The standard InChI is InChI=1S/C24H20Cl4N2O3S/c1-32-23-10-15(6-8-22(23)33-12-16-5-7-20(27)21(28)9-16)11-29-30-24(31)14-34-13-17-18(25)3-2-4-19(17)26/h2-11H,12-14H2,1H3,(H,30,31)/b29-11-. The molecule has 0 heterocycles. The average Bonchev–Trinajstić information content (AvgIpc) is 2.82. The molecule has 0 spiro atoms. The number of hydrazone groups is 1. The molecule has 0 bridgehead atoms. The maximum atomic E-state index is 12.1. The lowest BCUT2D eigenvalue weighted by Gasteiger charge is -2.11. The SMILES string of the molecule is COc1cc(/C=N\NC(=O)CSCc2c(Cl)cccc2Cl)ccc1OCc1ccc(Cl)c(Cl)c1. The van der Waals surface area contributed by atoms with E-state index in [0.717, 1.165) is 16.7 Å². The van der Waals surface area contributed by atoms with Crippen molar-refractivity contribution in [2.75, 3.05) is 12.9 Å². The Balaban J connectivity index is 1.50. The van der Waals surface area contributed by atoms with Crippen molar-refractivity contribution in [1.82, 2.24) is 5.43 Å². The molecule has 0 aliphatic carbocycles. The van der Waals surface area contributed by atoms with Crippen molar-refractivity contribution >= 4 is 70.3 Å². The Kier molecular flexibility index (Phi) is 10.2. The van der Waals surface area contributed by atoms with E-state index in [1.165, 1.54) is 18.0 Å². The number of nitrogens with zero attached hydrogens (tertiary/aromatic N) is 1. The van der Waals surface area contributed by atoms with Gasteiger partial charge in [-0.25, -0.2) is 5.43 Å². The van der Waals surface area contributed by atoms with Crippen molar-refractivity contribution in [1.29, 1.82) is 0 Å². The Hall–Kier alpha value is -2.09. The first-order chi connectivity index (χ1) is 16.4. The highest BCUT2D eigenvalue weighted by Gasteiger charge is 2.09. The molecular formula is C24H20Cl4N2O3S. The van der Waals surface area contributed by atoms with E-state index in [0.29, 0.717) is 43.9 Å². The van der Waals surface area contributed by atoms with Crippen LogP contribution < -0.4 is 14.9 Å². The van der Waals surface area contributed by atoms with Gasteiger partial charge in [0.15, 0.2) is 11.5 Å². The van der Waals surface area contributed by atoms with E-state index < -0.39 is 0 Å². The molecule has 0 saturated carbocycles. The molecule has 1 amide bonds. The Bertz CT molecular complexity index is 1170. The second-order valence-corrected chi connectivity index (χ2v) is 9.55. The Labute approximate surface area is 222 Å². The number of nitrogens with one attached hydrogen (secondary N) is 1. The van der Waals surface area contributed by atoms with Crippen LogP contribution in [0.3, 0.4) is 0 Å². The number of rotatable bonds is 10. The molecule has 0 fully saturated rings. The van der Waals surface area contributed by atoms with Gasteiger partial charge in [-0.1, -0.05) is 58.5 Å². The van der Waals surface area contributed by atoms with Gasteiger partial charge in [0.2, 0.25) is 5.91 Å². The largest absolute Gasteiger partial charge is 0.493 e. The molecule has 5 nitrogen and oxygen atoms in total. The van der Waals surface area contributed by atoms with Crippen LogP contribution in [0.15, 0.2) is 59.7 Å². The predicted octanol–water partition coefficient (Wildman–Crippen LogP) is 7.27. The van der Waals surface area contributed by atoms with Gasteiger partial charge in [-0.3, -0.25) is 4.79 Å². The van der Waals surface area contributed by atoms with Crippen molar-refractivity contribution in [2.45, 2.75) is 12.4 Å². The van der Waals surface area contributed by atoms with Crippen LogP contribution in [0.2, 0.25) is 20.1 Å². The number of ether oxygens (including phenoxy) is 2. The van der Waals surface area contributed by atoms with Crippen LogP contribution in [0.25, 0.3) is 0 Å². The summed E-state index contributed by atoms with van der Waals surface area (Å²) in [5.74, 6) is 1.59. The van der Waals surface area contributed by atoms with Crippen molar-refractivity contribution in [2.24, 2.45) is 5.10 Å². The quantitative estimate of drug-likeness (QED) is 0.210. The first-order valence-electron chi connectivity index (χ1n) is 9.94. The van der Waals surface area contributed by atoms with Gasteiger partial charge in [0.25, 0.3) is 0 Å². The predicted molar refractivity (Wildman–Crippen MR) is 142 cm³/mol. The number of thioether (sulfide) groups is 1. The van der Waals surface area contributed by atoms with Crippen LogP contribution in [0.5, 0.6) is 11.5 Å². The van der Waals surface area contributed by atoms with Crippen LogP contribution in [-0.2, 0) is 17.2 Å². The lowest BCUT2D eigenvalue weighted by atomic mass is 10.2. The van der Waals surface area contributed by atoms with E-state index in [9.17, 15) is 4.79 Å². The first-order valence-corrected chi connectivity index (χ1v) is 12.6. The lowest BCUT2D eigenvalue weighted by Crippen LogP contribution is -2.19. The van der Waals surface area contributed by atoms with Crippen molar-refractivity contribution in [3.63, 3.8) is 0 Å². The average molecular weight is 558 g/mol. The van der Waals surface area contributed by atoms with E-state index >= 15 is 0 Å². The summed E-state index contributed by atoms with van der Waals surface area (Å²) in [4.78, 5) is 12.1. The van der Waals surface area contributed by atoms with Crippen LogP contribution in [0.1, 0.15) is 16.7 Å². The Morgan fingerprint density at radius 3 is 2.44 bits per heavy atom. The summed E-state index contributed by atoms with van der Waals surface area (Å²) in [5, 5.41) is 6.12. The van der Waals surface area contributed by atoms with E-state index in [-0.39, 0.29) is 11.7 Å². The van der Waals surface area contributed by atoms with Crippen molar-refractivity contribution in [3.8, 4) is 11.5 Å². The summed E-state index contributed by atoms with van der Waals surface area (Å²) in [5.41, 5.74) is 4.92. The highest BCUT2D eigenvalue weighted by molar-refractivity contribution is 7.99. The lowest BCUT2D eigenvalue weighted by molar-refractivity contribution is -0.118. The minimum absolute atomic E-state index is 0.212. The summed E-state index contributed by atoms with van der Waals surface area (Å²) in [6.07, 6.45) is 1.53. The number of methoxy groups -OCH3 is 1. The molecule has 0 atom stereocenters. The third-order valence-electron chi connectivity index (χ3n) is 4.51. The summed E-state index contributed by atoms with van der Waals surface area (Å²) in [7, 11) is 1.55. The molecule has 3 aromatic carbocycles. The summed E-state index contributed by atoms with van der Waals surface area (Å²) in [6.45, 7) is 0.299. The molecule has 3 rings (SSSR count). The zero-order valence-electron chi connectivity index (χ0n) is 18.0. The number of hydrogen-bond donors (Lipinski definition) is 1. The van der Waals surface area contributed by atoms with Gasteiger partial charge in [0.05, 0.1) is 29.1 Å². The van der Waals surface area contributed by atoms with Gasteiger partial charge in [0.1, 0.15) is 6.61 Å². The third-order valence-corrected chi connectivity index (χ3v) is 6.92. The molecule has 3 aromatic rings. The molecule has 0 aliphatic rings. The maximum Gasteiger partial charge on any atom is 0.250 e. The monoisotopic (exact) mass is 556 g/mol. The highest BCUT2D eigenvalue weighted by Crippen LogP contribution is 2.30. The second-order valence-electron chi connectivity index (χ2n) is 6.93. The number of hydrogen-bond acceptors (Lipinski definition) is 5. The smallest absolute Gasteiger partial charge is 0.250 e. The van der Waals surface area contributed by atoms with E-state index in [2.05, 4.69) is 10.5 Å². The molecule has 0 aromatic heterocycles. The third kappa shape index (κ3) is 7.72. The van der Waals surface area contributed by atoms with E-state index in [4.69, 9.17) is 55.9 Å². The fourth-order valence-electron chi connectivity index (χ4n) is 2.80. The van der Waals surface area contributed by atoms with Gasteiger partial charge < -0.3 is 9.47 Å². The Morgan fingerprint density at radius 2 is 1.74 bits per heavy atom.